The van der Waals surface area contributed by atoms with Crippen LogP contribution >= 0.6 is 15.9 Å². The SMILES string of the molecule is Cc1cccc(N(C)S(=O)(=O)c2cc(N)c(Br)cc2F)c1. The number of nitrogens with zero attached hydrogens (tertiary/aromatic N) is 1. The van der Waals surface area contributed by atoms with Crippen LogP contribution in [0.15, 0.2) is 45.8 Å². The topological polar surface area (TPSA) is 63.4 Å². The monoisotopic (exact) mass is 372 g/mol. The Labute approximate surface area is 131 Å². The van der Waals surface area contributed by atoms with Gasteiger partial charge in [-0.25, -0.2) is 12.8 Å². The summed E-state index contributed by atoms with van der Waals surface area (Å²) in [4.78, 5) is -0.452. The number of halogens is 2. The minimum absolute atomic E-state index is 0.160. The smallest absolute Gasteiger partial charge is 0.267 e. The molecule has 21 heavy (non-hydrogen) atoms. The van der Waals surface area contributed by atoms with Crippen LogP contribution in [0.3, 0.4) is 0 Å². The summed E-state index contributed by atoms with van der Waals surface area (Å²) >= 11 is 3.06. The van der Waals surface area contributed by atoms with Crippen LogP contribution < -0.4 is 10.0 Å². The van der Waals surface area contributed by atoms with Gasteiger partial charge in [-0.2, -0.15) is 0 Å². The number of hydrogen-bond acceptors (Lipinski definition) is 3. The fourth-order valence-electron chi connectivity index (χ4n) is 1.85. The second-order valence-electron chi connectivity index (χ2n) is 4.62. The summed E-state index contributed by atoms with van der Waals surface area (Å²) in [6, 6.07) is 9.10. The maximum absolute atomic E-state index is 14.0. The molecule has 0 aromatic heterocycles. The molecule has 0 saturated carbocycles. The van der Waals surface area contributed by atoms with E-state index in [1.54, 1.807) is 18.2 Å². The zero-order valence-electron chi connectivity index (χ0n) is 11.5. The molecule has 112 valence electrons. The number of aryl methyl sites for hydroxylation is 1. The van der Waals surface area contributed by atoms with Gasteiger partial charge in [-0.3, -0.25) is 4.31 Å². The van der Waals surface area contributed by atoms with E-state index in [0.29, 0.717) is 10.2 Å². The number of anilines is 2. The van der Waals surface area contributed by atoms with Crippen LogP contribution in [-0.2, 0) is 10.0 Å². The zero-order chi connectivity index (χ0) is 15.8. The van der Waals surface area contributed by atoms with Crippen LogP contribution in [0.25, 0.3) is 0 Å². The van der Waals surface area contributed by atoms with Crippen LogP contribution in [0, 0.1) is 12.7 Å². The Kier molecular flexibility index (Phi) is 4.25. The lowest BCUT2D eigenvalue weighted by molar-refractivity contribution is 0.565. The van der Waals surface area contributed by atoms with Gasteiger partial charge in [0.2, 0.25) is 0 Å². The molecule has 0 heterocycles. The summed E-state index contributed by atoms with van der Waals surface area (Å²) in [5, 5.41) is 0. The Balaban J connectivity index is 2.54. The number of nitrogens with two attached hydrogens (primary N) is 1. The highest BCUT2D eigenvalue weighted by atomic mass is 79.9. The maximum Gasteiger partial charge on any atom is 0.267 e. The fraction of sp³-hybridized carbons (Fsp3) is 0.143. The molecule has 7 heteroatoms. The quantitative estimate of drug-likeness (QED) is 0.840. The fourth-order valence-corrected chi connectivity index (χ4v) is 3.44. The highest BCUT2D eigenvalue weighted by Crippen LogP contribution is 2.29. The third-order valence-corrected chi connectivity index (χ3v) is 5.54. The Bertz CT molecular complexity index is 794. The molecular weight excluding hydrogens is 359 g/mol. The van der Waals surface area contributed by atoms with E-state index in [2.05, 4.69) is 15.9 Å². The zero-order valence-corrected chi connectivity index (χ0v) is 13.9. The van der Waals surface area contributed by atoms with Crippen LogP contribution in [0.5, 0.6) is 0 Å². The average molecular weight is 373 g/mol. The third-order valence-electron chi connectivity index (χ3n) is 3.05. The van der Waals surface area contributed by atoms with Gasteiger partial charge in [0.05, 0.1) is 5.69 Å². The molecule has 2 aromatic rings. The molecule has 0 aliphatic carbocycles. The van der Waals surface area contributed by atoms with Gasteiger partial charge in [-0.05, 0) is 52.7 Å². The highest BCUT2D eigenvalue weighted by Gasteiger charge is 2.26. The second-order valence-corrected chi connectivity index (χ2v) is 7.41. The van der Waals surface area contributed by atoms with Crippen molar-refractivity contribution in [3.8, 4) is 0 Å². The van der Waals surface area contributed by atoms with Crippen molar-refractivity contribution in [2.24, 2.45) is 0 Å². The predicted molar refractivity (Wildman–Crippen MR) is 85.3 cm³/mol. The lowest BCUT2D eigenvalue weighted by Gasteiger charge is -2.20. The van der Waals surface area contributed by atoms with Crippen LogP contribution in [-0.4, -0.2) is 15.5 Å². The highest BCUT2D eigenvalue weighted by molar-refractivity contribution is 9.10. The van der Waals surface area contributed by atoms with Crippen molar-refractivity contribution < 1.29 is 12.8 Å². The first-order chi connectivity index (χ1) is 9.73. The number of sulfonamides is 1. The van der Waals surface area contributed by atoms with Crippen molar-refractivity contribution in [1.29, 1.82) is 0 Å². The first-order valence-corrected chi connectivity index (χ1v) is 8.27. The number of rotatable bonds is 3. The molecule has 2 aromatic carbocycles. The summed E-state index contributed by atoms with van der Waals surface area (Å²) < 4.78 is 40.4. The van der Waals surface area contributed by atoms with Gasteiger partial charge in [0.1, 0.15) is 10.7 Å². The maximum atomic E-state index is 14.0. The molecule has 0 unspecified atom stereocenters. The van der Waals surface area contributed by atoms with Crippen molar-refractivity contribution in [2.75, 3.05) is 17.1 Å². The van der Waals surface area contributed by atoms with Gasteiger partial charge in [0, 0.05) is 17.2 Å². The Morgan fingerprint density at radius 1 is 1.24 bits per heavy atom. The molecule has 0 fully saturated rings. The van der Waals surface area contributed by atoms with Gasteiger partial charge in [0.25, 0.3) is 10.0 Å². The average Bonchev–Trinajstić information content (AvgIpc) is 2.41. The lowest BCUT2D eigenvalue weighted by atomic mass is 10.2. The molecule has 4 nitrogen and oxygen atoms in total. The Hall–Kier alpha value is -1.60. The van der Waals surface area contributed by atoms with E-state index in [4.69, 9.17) is 5.73 Å². The standard InChI is InChI=1S/C14H14BrFN2O2S/c1-9-4-3-5-10(6-9)18(2)21(19,20)14-8-13(17)11(15)7-12(14)16/h3-8H,17H2,1-2H3. The molecule has 0 atom stereocenters. The van der Waals surface area contributed by atoms with E-state index in [9.17, 15) is 12.8 Å². The van der Waals surface area contributed by atoms with Crippen molar-refractivity contribution in [1.82, 2.24) is 0 Å². The van der Waals surface area contributed by atoms with Crippen molar-refractivity contribution in [3.05, 3.63) is 52.3 Å². The van der Waals surface area contributed by atoms with Crippen molar-refractivity contribution in [2.45, 2.75) is 11.8 Å². The first-order valence-electron chi connectivity index (χ1n) is 6.03. The van der Waals surface area contributed by atoms with Gasteiger partial charge in [-0.1, -0.05) is 12.1 Å². The van der Waals surface area contributed by atoms with E-state index < -0.39 is 20.7 Å². The van der Waals surface area contributed by atoms with E-state index in [-0.39, 0.29) is 5.69 Å². The van der Waals surface area contributed by atoms with Crippen LogP contribution in [0.4, 0.5) is 15.8 Å². The third kappa shape index (κ3) is 3.03. The first kappa shape index (κ1) is 15.8. The van der Waals surface area contributed by atoms with E-state index in [0.717, 1.165) is 22.0 Å². The Morgan fingerprint density at radius 3 is 2.52 bits per heavy atom. The Morgan fingerprint density at radius 2 is 1.90 bits per heavy atom. The summed E-state index contributed by atoms with van der Waals surface area (Å²) in [6.45, 7) is 1.85. The van der Waals surface area contributed by atoms with E-state index in [1.807, 2.05) is 13.0 Å². The van der Waals surface area contributed by atoms with E-state index >= 15 is 0 Å². The molecular formula is C14H14BrFN2O2S. The molecule has 0 aliphatic rings. The van der Waals surface area contributed by atoms with Gasteiger partial charge < -0.3 is 5.73 Å². The van der Waals surface area contributed by atoms with Crippen molar-refractivity contribution >= 4 is 37.3 Å². The molecule has 0 bridgehead atoms. The minimum atomic E-state index is -4.02. The predicted octanol–water partition coefficient (Wildman–Crippen LogP) is 3.30. The van der Waals surface area contributed by atoms with Crippen LogP contribution in [0.2, 0.25) is 0 Å². The largest absolute Gasteiger partial charge is 0.398 e. The summed E-state index contributed by atoms with van der Waals surface area (Å²) in [5.41, 5.74) is 7.17. The van der Waals surface area contributed by atoms with Gasteiger partial charge >= 0.3 is 0 Å². The number of hydrogen-bond donors (Lipinski definition) is 1. The normalized spacial score (nSPS) is 11.4. The molecule has 0 aliphatic heterocycles. The van der Waals surface area contributed by atoms with E-state index in [1.165, 1.54) is 7.05 Å². The second kappa shape index (κ2) is 5.65. The summed E-state index contributed by atoms with van der Waals surface area (Å²) in [6.07, 6.45) is 0. The van der Waals surface area contributed by atoms with Gasteiger partial charge in [-0.15, -0.1) is 0 Å². The van der Waals surface area contributed by atoms with Crippen LogP contribution in [0.1, 0.15) is 5.56 Å². The number of benzene rings is 2. The minimum Gasteiger partial charge on any atom is -0.398 e. The molecule has 0 spiro atoms. The summed E-state index contributed by atoms with van der Waals surface area (Å²) in [7, 11) is -2.64. The van der Waals surface area contributed by atoms with Gasteiger partial charge in [0.15, 0.2) is 0 Å². The molecule has 0 saturated heterocycles. The summed E-state index contributed by atoms with van der Waals surface area (Å²) in [5.74, 6) is -0.851. The lowest BCUT2D eigenvalue weighted by Crippen LogP contribution is -2.27. The molecule has 2 N–H and O–H groups in total. The number of nitrogen functional groups attached to an aromatic ring is 1. The van der Waals surface area contributed by atoms with Crippen molar-refractivity contribution in [3.63, 3.8) is 0 Å². The molecule has 0 radical (unpaired) electrons. The molecule has 0 amide bonds. The molecule has 2 rings (SSSR count).